The van der Waals surface area contributed by atoms with Crippen molar-refractivity contribution < 1.29 is 9.53 Å². The number of aromatic amines is 1. The van der Waals surface area contributed by atoms with Gasteiger partial charge in [0.2, 0.25) is 5.91 Å². The lowest BCUT2D eigenvalue weighted by molar-refractivity contribution is -0.132. The van der Waals surface area contributed by atoms with Crippen molar-refractivity contribution in [1.82, 2.24) is 20.7 Å². The highest BCUT2D eigenvalue weighted by molar-refractivity contribution is 5.80. The van der Waals surface area contributed by atoms with Gasteiger partial charge in [-0.15, -0.1) is 0 Å². The van der Waals surface area contributed by atoms with E-state index in [1.54, 1.807) is 13.1 Å². The van der Waals surface area contributed by atoms with Gasteiger partial charge in [0, 0.05) is 0 Å². The van der Waals surface area contributed by atoms with Gasteiger partial charge in [-0.3, -0.25) is 4.79 Å². The van der Waals surface area contributed by atoms with Crippen LogP contribution in [-0.2, 0) is 22.7 Å². The molecule has 0 unspecified atom stereocenters. The highest BCUT2D eigenvalue weighted by Crippen LogP contribution is 2.03. The van der Waals surface area contributed by atoms with Crippen molar-refractivity contribution in [2.45, 2.75) is 26.2 Å². The summed E-state index contributed by atoms with van der Waals surface area (Å²) in [7, 11) is 0. The number of benzene rings is 1. The number of hydrogen-bond donors (Lipinski definition) is 2. The molecule has 2 aromatic rings. The second kappa shape index (κ2) is 6.65. The topological polar surface area (TPSA) is 79.9 Å². The number of carbonyl (C=O) groups is 1. The molecule has 1 aromatic carbocycles. The first-order valence-electron chi connectivity index (χ1n) is 6.03. The molecule has 1 heterocycles. The van der Waals surface area contributed by atoms with Gasteiger partial charge in [-0.05, 0) is 12.5 Å². The summed E-state index contributed by atoms with van der Waals surface area (Å²) >= 11 is 0. The van der Waals surface area contributed by atoms with E-state index in [0.29, 0.717) is 18.8 Å². The van der Waals surface area contributed by atoms with E-state index in [1.165, 1.54) is 0 Å². The van der Waals surface area contributed by atoms with Gasteiger partial charge in [-0.25, -0.2) is 0 Å². The predicted octanol–water partition coefficient (Wildman–Crippen LogP) is 1.03. The number of aromatic nitrogens is 3. The number of hydrogen-bond acceptors (Lipinski definition) is 4. The predicted molar refractivity (Wildman–Crippen MR) is 68.9 cm³/mol. The van der Waals surface area contributed by atoms with Crippen LogP contribution in [0.25, 0.3) is 0 Å². The maximum Gasteiger partial charge on any atom is 0.249 e. The molecule has 0 bridgehead atoms. The van der Waals surface area contributed by atoms with Gasteiger partial charge in [0.15, 0.2) is 0 Å². The van der Waals surface area contributed by atoms with Gasteiger partial charge in [0.25, 0.3) is 0 Å². The Kier molecular flexibility index (Phi) is 4.63. The zero-order valence-corrected chi connectivity index (χ0v) is 10.7. The Hall–Kier alpha value is -2.21. The normalized spacial score (nSPS) is 12.1. The molecular formula is C13H16N4O2. The summed E-state index contributed by atoms with van der Waals surface area (Å²) in [5, 5.41) is 12.7. The first-order valence-corrected chi connectivity index (χ1v) is 6.03. The quantitative estimate of drug-likeness (QED) is 0.813. The molecule has 1 aromatic heterocycles. The highest BCUT2D eigenvalue weighted by atomic mass is 16.5. The summed E-state index contributed by atoms with van der Waals surface area (Å²) in [6.45, 7) is 2.48. The van der Waals surface area contributed by atoms with E-state index in [2.05, 4.69) is 20.7 Å². The Balaban J connectivity index is 1.73. The van der Waals surface area contributed by atoms with E-state index in [0.717, 1.165) is 5.56 Å². The molecule has 1 atom stereocenters. The van der Waals surface area contributed by atoms with Crippen LogP contribution >= 0.6 is 0 Å². The average molecular weight is 260 g/mol. The van der Waals surface area contributed by atoms with Gasteiger partial charge in [0.1, 0.15) is 11.8 Å². The molecule has 2 rings (SSSR count). The SMILES string of the molecule is C[C@@H](OCc1ccccc1)C(=O)NCc1cn[nH]n1. The van der Waals surface area contributed by atoms with Crippen molar-refractivity contribution >= 4 is 5.91 Å². The summed E-state index contributed by atoms with van der Waals surface area (Å²) < 4.78 is 5.50. The van der Waals surface area contributed by atoms with Crippen LogP contribution in [0.4, 0.5) is 0 Å². The van der Waals surface area contributed by atoms with Crippen molar-refractivity contribution in [2.24, 2.45) is 0 Å². The van der Waals surface area contributed by atoms with Crippen LogP contribution in [0, 0.1) is 0 Å². The molecular weight excluding hydrogens is 244 g/mol. The van der Waals surface area contributed by atoms with Crippen molar-refractivity contribution in [3.63, 3.8) is 0 Å². The lowest BCUT2D eigenvalue weighted by atomic mass is 10.2. The first kappa shape index (κ1) is 13.2. The molecule has 1 amide bonds. The van der Waals surface area contributed by atoms with Gasteiger partial charge in [-0.1, -0.05) is 30.3 Å². The minimum atomic E-state index is -0.507. The Morgan fingerprint density at radius 1 is 1.42 bits per heavy atom. The number of rotatable bonds is 6. The summed E-state index contributed by atoms with van der Waals surface area (Å²) in [5.41, 5.74) is 1.72. The number of nitrogens with one attached hydrogen (secondary N) is 2. The van der Waals surface area contributed by atoms with E-state index >= 15 is 0 Å². The average Bonchev–Trinajstić information content (AvgIpc) is 2.96. The summed E-state index contributed by atoms with van der Waals surface area (Å²) in [4.78, 5) is 11.8. The molecule has 0 spiro atoms. The van der Waals surface area contributed by atoms with Crippen LogP contribution in [0.3, 0.4) is 0 Å². The van der Waals surface area contributed by atoms with Crippen LogP contribution in [0.1, 0.15) is 18.2 Å². The van der Waals surface area contributed by atoms with Crippen molar-refractivity contribution in [3.05, 3.63) is 47.8 Å². The molecule has 0 radical (unpaired) electrons. The smallest absolute Gasteiger partial charge is 0.249 e. The third-order valence-electron chi connectivity index (χ3n) is 2.62. The standard InChI is InChI=1S/C13H16N4O2/c1-10(19-9-11-5-3-2-4-6-11)13(18)14-7-12-8-15-17-16-12/h2-6,8,10H,7,9H2,1H3,(H,14,18)(H,15,16,17)/t10-/m1/s1. The number of amides is 1. The van der Waals surface area contributed by atoms with E-state index in [-0.39, 0.29) is 5.91 Å². The second-order valence-electron chi connectivity index (χ2n) is 4.12. The molecule has 2 N–H and O–H groups in total. The van der Waals surface area contributed by atoms with Crippen LogP contribution in [-0.4, -0.2) is 27.4 Å². The Labute approximate surface area is 111 Å². The first-order chi connectivity index (χ1) is 9.25. The zero-order chi connectivity index (χ0) is 13.5. The second-order valence-corrected chi connectivity index (χ2v) is 4.12. The van der Waals surface area contributed by atoms with E-state index < -0.39 is 6.10 Å². The van der Waals surface area contributed by atoms with E-state index in [4.69, 9.17) is 4.74 Å². The maximum absolute atomic E-state index is 11.8. The number of nitrogens with zero attached hydrogens (tertiary/aromatic N) is 2. The molecule has 0 fully saturated rings. The van der Waals surface area contributed by atoms with Crippen LogP contribution in [0.5, 0.6) is 0 Å². The number of ether oxygens (including phenoxy) is 1. The fourth-order valence-corrected chi connectivity index (χ4v) is 1.50. The molecule has 0 saturated heterocycles. The molecule has 0 saturated carbocycles. The van der Waals surface area contributed by atoms with Crippen molar-refractivity contribution in [3.8, 4) is 0 Å². The lowest BCUT2D eigenvalue weighted by Gasteiger charge is -2.12. The van der Waals surface area contributed by atoms with Gasteiger partial charge >= 0.3 is 0 Å². The molecule has 0 aliphatic rings. The molecule has 0 aliphatic carbocycles. The molecule has 19 heavy (non-hydrogen) atoms. The summed E-state index contributed by atoms with van der Waals surface area (Å²) in [6.07, 6.45) is 1.06. The molecule has 6 heteroatoms. The Morgan fingerprint density at radius 3 is 2.89 bits per heavy atom. The minimum absolute atomic E-state index is 0.168. The highest BCUT2D eigenvalue weighted by Gasteiger charge is 2.13. The van der Waals surface area contributed by atoms with Crippen LogP contribution in [0.2, 0.25) is 0 Å². The van der Waals surface area contributed by atoms with Gasteiger partial charge in [0.05, 0.1) is 19.3 Å². The van der Waals surface area contributed by atoms with Gasteiger partial charge < -0.3 is 10.1 Å². The Bertz CT molecular complexity index is 499. The van der Waals surface area contributed by atoms with E-state index in [1.807, 2.05) is 30.3 Å². The third-order valence-corrected chi connectivity index (χ3v) is 2.62. The molecule has 0 aliphatic heterocycles. The number of carbonyl (C=O) groups excluding carboxylic acids is 1. The van der Waals surface area contributed by atoms with Crippen LogP contribution in [0.15, 0.2) is 36.5 Å². The van der Waals surface area contributed by atoms with Crippen molar-refractivity contribution in [1.29, 1.82) is 0 Å². The van der Waals surface area contributed by atoms with Crippen molar-refractivity contribution in [2.75, 3.05) is 0 Å². The monoisotopic (exact) mass is 260 g/mol. The van der Waals surface area contributed by atoms with Gasteiger partial charge in [-0.2, -0.15) is 15.4 Å². The fourth-order valence-electron chi connectivity index (χ4n) is 1.50. The lowest BCUT2D eigenvalue weighted by Crippen LogP contribution is -2.34. The zero-order valence-electron chi connectivity index (χ0n) is 10.7. The fraction of sp³-hybridized carbons (Fsp3) is 0.308. The molecule has 6 nitrogen and oxygen atoms in total. The van der Waals surface area contributed by atoms with Crippen LogP contribution < -0.4 is 5.32 Å². The third kappa shape index (κ3) is 4.18. The van der Waals surface area contributed by atoms with E-state index in [9.17, 15) is 4.79 Å². The summed E-state index contributed by atoms with van der Waals surface area (Å²) in [6, 6.07) is 9.74. The Morgan fingerprint density at radius 2 is 2.21 bits per heavy atom. The summed E-state index contributed by atoms with van der Waals surface area (Å²) in [5.74, 6) is -0.168. The maximum atomic E-state index is 11.8. The minimum Gasteiger partial charge on any atom is -0.364 e. The molecule has 100 valence electrons. The largest absolute Gasteiger partial charge is 0.364 e. The number of H-pyrrole nitrogens is 1.